The lowest BCUT2D eigenvalue weighted by Crippen LogP contribution is -2.37. The predicted octanol–water partition coefficient (Wildman–Crippen LogP) is 3.25. The van der Waals surface area contributed by atoms with Crippen LogP contribution in [-0.4, -0.2) is 30.4 Å². The van der Waals surface area contributed by atoms with Gasteiger partial charge in [0.1, 0.15) is 0 Å². The zero-order chi connectivity index (χ0) is 21.0. The Bertz CT molecular complexity index is 913. The van der Waals surface area contributed by atoms with E-state index in [0.29, 0.717) is 5.02 Å². The molecule has 0 unspecified atom stereocenters. The van der Waals surface area contributed by atoms with Crippen LogP contribution < -0.4 is 10.2 Å². The van der Waals surface area contributed by atoms with Crippen LogP contribution in [0.15, 0.2) is 48.5 Å². The number of aryl methyl sites for hydroxylation is 1. The number of ether oxygens (including phenoxy) is 1. The predicted molar refractivity (Wildman–Crippen MR) is 110 cm³/mol. The Labute approximate surface area is 174 Å². The van der Waals surface area contributed by atoms with Gasteiger partial charge >= 0.3 is 5.97 Å². The van der Waals surface area contributed by atoms with Gasteiger partial charge in [0.25, 0.3) is 5.91 Å². The van der Waals surface area contributed by atoms with E-state index in [1.807, 2.05) is 43.3 Å². The smallest absolute Gasteiger partial charge is 0.312 e. The molecular formula is C22H23ClN2O4. The minimum absolute atomic E-state index is 0.0701. The molecule has 0 aliphatic carbocycles. The Morgan fingerprint density at radius 2 is 1.90 bits per heavy atom. The molecule has 3 rings (SSSR count). The molecule has 1 aliphatic heterocycles. The number of hydrogen-bond acceptors (Lipinski definition) is 4. The van der Waals surface area contributed by atoms with Crippen molar-refractivity contribution >= 4 is 35.1 Å². The molecule has 2 aromatic rings. The molecule has 152 valence electrons. The summed E-state index contributed by atoms with van der Waals surface area (Å²) in [5.74, 6) is -1.69. The van der Waals surface area contributed by atoms with Crippen molar-refractivity contribution in [1.29, 1.82) is 0 Å². The van der Waals surface area contributed by atoms with Crippen molar-refractivity contribution in [3.05, 3.63) is 64.7 Å². The lowest BCUT2D eigenvalue weighted by molar-refractivity contribution is -0.158. The molecular weight excluding hydrogens is 392 g/mol. The number of amides is 2. The average Bonchev–Trinajstić information content (AvgIpc) is 3.09. The molecule has 1 fully saturated rings. The summed E-state index contributed by atoms with van der Waals surface area (Å²) >= 11 is 6.07. The van der Waals surface area contributed by atoms with E-state index in [-0.39, 0.29) is 25.4 Å². The summed E-state index contributed by atoms with van der Waals surface area (Å²) in [6.07, 6.45) is -0.894. The fourth-order valence-electron chi connectivity index (χ4n) is 3.13. The lowest BCUT2D eigenvalue weighted by Gasteiger charge is -2.18. The fourth-order valence-corrected chi connectivity index (χ4v) is 3.33. The van der Waals surface area contributed by atoms with Gasteiger partial charge in [-0.2, -0.15) is 0 Å². The van der Waals surface area contributed by atoms with Gasteiger partial charge in [0.05, 0.1) is 5.92 Å². The molecule has 0 radical (unpaired) electrons. The van der Waals surface area contributed by atoms with Crippen molar-refractivity contribution in [2.45, 2.75) is 32.9 Å². The molecule has 2 atom stereocenters. The number of rotatable bonds is 6. The van der Waals surface area contributed by atoms with Crippen LogP contribution in [0.25, 0.3) is 0 Å². The first-order valence-corrected chi connectivity index (χ1v) is 9.81. The Kier molecular flexibility index (Phi) is 6.54. The number of esters is 1. The van der Waals surface area contributed by atoms with Gasteiger partial charge in [-0.3, -0.25) is 14.4 Å². The molecule has 0 aromatic heterocycles. The summed E-state index contributed by atoms with van der Waals surface area (Å²) in [5.41, 5.74) is 2.62. The highest BCUT2D eigenvalue weighted by Gasteiger charge is 2.37. The second-order valence-electron chi connectivity index (χ2n) is 7.13. The largest absolute Gasteiger partial charge is 0.452 e. The highest BCUT2D eigenvalue weighted by Crippen LogP contribution is 2.26. The van der Waals surface area contributed by atoms with E-state index in [1.54, 1.807) is 17.0 Å². The summed E-state index contributed by atoms with van der Waals surface area (Å²) in [6.45, 7) is 3.96. The average molecular weight is 415 g/mol. The lowest BCUT2D eigenvalue weighted by atomic mass is 10.1. The minimum atomic E-state index is -0.964. The Hall–Kier alpha value is -2.86. The van der Waals surface area contributed by atoms with Gasteiger partial charge in [-0.25, -0.2) is 0 Å². The molecule has 1 heterocycles. The molecule has 1 aliphatic rings. The van der Waals surface area contributed by atoms with Crippen molar-refractivity contribution in [1.82, 2.24) is 5.32 Å². The molecule has 1 N–H and O–H groups in total. The monoisotopic (exact) mass is 414 g/mol. The van der Waals surface area contributed by atoms with Crippen LogP contribution in [0.2, 0.25) is 5.02 Å². The number of halogens is 1. The van der Waals surface area contributed by atoms with Gasteiger partial charge in [0.2, 0.25) is 5.91 Å². The van der Waals surface area contributed by atoms with Gasteiger partial charge < -0.3 is 15.0 Å². The highest BCUT2D eigenvalue weighted by atomic mass is 35.5. The minimum Gasteiger partial charge on any atom is -0.452 e. The first kappa shape index (κ1) is 20.9. The van der Waals surface area contributed by atoms with Gasteiger partial charge in [-0.05, 0) is 37.6 Å². The number of nitrogens with one attached hydrogen (secondary N) is 1. The van der Waals surface area contributed by atoms with Gasteiger partial charge in [0.15, 0.2) is 6.10 Å². The Morgan fingerprint density at radius 1 is 1.21 bits per heavy atom. The maximum Gasteiger partial charge on any atom is 0.312 e. The third-order valence-electron chi connectivity index (χ3n) is 4.88. The molecule has 2 aromatic carbocycles. The third kappa shape index (κ3) is 5.15. The second-order valence-corrected chi connectivity index (χ2v) is 7.54. The van der Waals surface area contributed by atoms with Gasteiger partial charge in [0, 0.05) is 30.2 Å². The van der Waals surface area contributed by atoms with E-state index in [0.717, 1.165) is 16.8 Å². The van der Waals surface area contributed by atoms with Crippen molar-refractivity contribution in [3.63, 3.8) is 0 Å². The van der Waals surface area contributed by atoms with E-state index in [2.05, 4.69) is 5.32 Å². The first-order chi connectivity index (χ1) is 13.8. The standard InChI is InChI=1S/C22H23ClN2O4/c1-14-7-9-18(10-8-14)25-13-17(11-20(25)26)22(28)29-15(2)21(27)24-12-16-5-3-4-6-19(16)23/h3-10,15,17H,11-13H2,1-2H3,(H,24,27)/t15-,17+/m1/s1. The Balaban J connectivity index is 1.53. The highest BCUT2D eigenvalue weighted by molar-refractivity contribution is 6.31. The van der Waals surface area contributed by atoms with Crippen LogP contribution in [0.4, 0.5) is 5.69 Å². The SMILES string of the molecule is Cc1ccc(N2C[C@@H](C(=O)O[C@H](C)C(=O)NCc3ccccc3Cl)CC2=O)cc1. The summed E-state index contributed by atoms with van der Waals surface area (Å²) in [4.78, 5) is 38.6. The second kappa shape index (κ2) is 9.09. The van der Waals surface area contributed by atoms with Crippen LogP contribution in [-0.2, 0) is 25.7 Å². The van der Waals surface area contributed by atoms with Crippen LogP contribution >= 0.6 is 11.6 Å². The zero-order valence-electron chi connectivity index (χ0n) is 16.4. The molecule has 0 saturated carbocycles. The molecule has 7 heteroatoms. The number of hydrogen-bond donors (Lipinski definition) is 1. The van der Waals surface area contributed by atoms with Gasteiger partial charge in [-0.15, -0.1) is 0 Å². The third-order valence-corrected chi connectivity index (χ3v) is 5.25. The number of carbonyl (C=O) groups is 3. The van der Waals surface area contributed by atoms with E-state index < -0.39 is 23.9 Å². The molecule has 0 spiro atoms. The van der Waals surface area contributed by atoms with E-state index in [9.17, 15) is 14.4 Å². The summed E-state index contributed by atoms with van der Waals surface area (Å²) in [7, 11) is 0. The quantitative estimate of drug-likeness (QED) is 0.736. The molecule has 6 nitrogen and oxygen atoms in total. The van der Waals surface area contributed by atoms with Crippen LogP contribution in [0.5, 0.6) is 0 Å². The van der Waals surface area contributed by atoms with Crippen molar-refractivity contribution in [2.24, 2.45) is 5.92 Å². The maximum absolute atomic E-state index is 12.5. The molecule has 29 heavy (non-hydrogen) atoms. The fraction of sp³-hybridized carbons (Fsp3) is 0.318. The van der Waals surface area contributed by atoms with E-state index >= 15 is 0 Å². The Morgan fingerprint density at radius 3 is 2.59 bits per heavy atom. The zero-order valence-corrected chi connectivity index (χ0v) is 17.1. The van der Waals surface area contributed by atoms with Crippen molar-refractivity contribution in [3.8, 4) is 0 Å². The van der Waals surface area contributed by atoms with E-state index in [1.165, 1.54) is 6.92 Å². The van der Waals surface area contributed by atoms with Crippen LogP contribution in [0, 0.1) is 12.8 Å². The number of nitrogens with zero attached hydrogens (tertiary/aromatic N) is 1. The van der Waals surface area contributed by atoms with E-state index in [4.69, 9.17) is 16.3 Å². The topological polar surface area (TPSA) is 75.7 Å². The normalized spacial score (nSPS) is 17.1. The summed E-state index contributed by atoms with van der Waals surface area (Å²) < 4.78 is 5.30. The molecule has 1 saturated heterocycles. The summed E-state index contributed by atoms with van der Waals surface area (Å²) in [5, 5.41) is 3.26. The number of anilines is 1. The van der Waals surface area contributed by atoms with Gasteiger partial charge in [-0.1, -0.05) is 47.5 Å². The van der Waals surface area contributed by atoms with Crippen molar-refractivity contribution < 1.29 is 19.1 Å². The van der Waals surface area contributed by atoms with Crippen molar-refractivity contribution in [2.75, 3.05) is 11.4 Å². The molecule has 0 bridgehead atoms. The number of benzene rings is 2. The summed E-state index contributed by atoms with van der Waals surface area (Å²) in [6, 6.07) is 14.7. The number of carbonyl (C=O) groups excluding carboxylic acids is 3. The maximum atomic E-state index is 12.5. The molecule has 2 amide bonds. The van der Waals surface area contributed by atoms with Crippen LogP contribution in [0.3, 0.4) is 0 Å². The van der Waals surface area contributed by atoms with Crippen LogP contribution in [0.1, 0.15) is 24.5 Å². The first-order valence-electron chi connectivity index (χ1n) is 9.44.